The molecule has 0 radical (unpaired) electrons. The van der Waals surface area contributed by atoms with Crippen LogP contribution in [-0.4, -0.2) is 82.4 Å². The van der Waals surface area contributed by atoms with Gasteiger partial charge in [0.15, 0.2) is 5.82 Å². The number of hydrogen-bond acceptors (Lipinski definition) is 9. The molecule has 1 aliphatic heterocycles. The molecule has 0 aliphatic carbocycles. The second-order valence-corrected chi connectivity index (χ2v) is 7.41. The number of carboxylic acids is 1. The second kappa shape index (κ2) is 9.19. The highest BCUT2D eigenvalue weighted by molar-refractivity contribution is 5.91. The zero-order chi connectivity index (χ0) is 21.8. The maximum atomic E-state index is 11.3. The summed E-state index contributed by atoms with van der Waals surface area (Å²) in [6.45, 7) is 7.03. The smallest absolute Gasteiger partial charge is 0.335 e. The highest BCUT2D eigenvalue weighted by Gasteiger charge is 2.20. The first-order valence-corrected chi connectivity index (χ1v) is 10.1. The van der Waals surface area contributed by atoms with Gasteiger partial charge in [-0.05, 0) is 24.6 Å². The third kappa shape index (κ3) is 4.70. The molecule has 162 valence electrons. The van der Waals surface area contributed by atoms with Gasteiger partial charge in [-0.1, -0.05) is 6.07 Å². The van der Waals surface area contributed by atoms with E-state index in [1.54, 1.807) is 31.5 Å². The molecule has 0 amide bonds. The molecule has 4 rings (SSSR count). The van der Waals surface area contributed by atoms with Crippen molar-refractivity contribution in [3.05, 3.63) is 41.9 Å². The lowest BCUT2D eigenvalue weighted by Gasteiger charge is -2.34. The maximum absolute atomic E-state index is 11.3. The predicted molar refractivity (Wildman–Crippen MR) is 117 cm³/mol. The number of fused-ring (bicyclic) bond motifs is 1. The summed E-state index contributed by atoms with van der Waals surface area (Å²) in [5.74, 6) is 0.163. The van der Waals surface area contributed by atoms with E-state index in [2.05, 4.69) is 30.1 Å². The van der Waals surface area contributed by atoms with Crippen molar-refractivity contribution in [1.82, 2.24) is 24.8 Å². The predicted octanol–water partition coefficient (Wildman–Crippen LogP) is 1.94. The van der Waals surface area contributed by atoms with Crippen molar-refractivity contribution >= 4 is 34.5 Å². The summed E-state index contributed by atoms with van der Waals surface area (Å²) in [6, 6.07) is 4.93. The summed E-state index contributed by atoms with van der Waals surface area (Å²) in [6.07, 6.45) is 3.14. The Labute approximate surface area is 179 Å². The van der Waals surface area contributed by atoms with Gasteiger partial charge in [0.25, 0.3) is 0 Å². The molecule has 10 heteroatoms. The van der Waals surface area contributed by atoms with Crippen LogP contribution in [0.4, 0.5) is 17.5 Å². The normalized spacial score (nSPS) is 14.7. The number of aromatic nitrogens is 4. The second-order valence-electron chi connectivity index (χ2n) is 7.41. The SMILES string of the molecule is COCCN1CCN(c2ncc3ncnc(Nc4cc(C(=O)O)ccc4C)c3n2)CC1. The number of carboxylic acid groups (broad SMARTS) is 1. The largest absolute Gasteiger partial charge is 0.478 e. The molecule has 1 saturated heterocycles. The van der Waals surface area contributed by atoms with Gasteiger partial charge in [0.2, 0.25) is 5.95 Å². The van der Waals surface area contributed by atoms with Crippen LogP contribution in [0.15, 0.2) is 30.7 Å². The van der Waals surface area contributed by atoms with Crippen molar-refractivity contribution in [3.8, 4) is 0 Å². The Morgan fingerprint density at radius 2 is 2.00 bits per heavy atom. The van der Waals surface area contributed by atoms with Crippen LogP contribution in [0, 0.1) is 6.92 Å². The first kappa shape index (κ1) is 20.9. The lowest BCUT2D eigenvalue weighted by atomic mass is 10.1. The minimum Gasteiger partial charge on any atom is -0.478 e. The Morgan fingerprint density at radius 1 is 1.19 bits per heavy atom. The molecular weight excluding hydrogens is 398 g/mol. The van der Waals surface area contributed by atoms with E-state index >= 15 is 0 Å². The van der Waals surface area contributed by atoms with E-state index in [1.165, 1.54) is 6.33 Å². The summed E-state index contributed by atoms with van der Waals surface area (Å²) >= 11 is 0. The number of aryl methyl sites for hydroxylation is 1. The van der Waals surface area contributed by atoms with Crippen molar-refractivity contribution in [2.45, 2.75) is 6.92 Å². The minimum absolute atomic E-state index is 0.202. The Kier molecular flexibility index (Phi) is 6.19. The number of piperazine rings is 1. The van der Waals surface area contributed by atoms with E-state index in [4.69, 9.17) is 9.72 Å². The van der Waals surface area contributed by atoms with Gasteiger partial charge in [0.05, 0.1) is 18.4 Å². The molecule has 0 unspecified atom stereocenters. The number of aromatic carboxylic acids is 1. The number of anilines is 3. The van der Waals surface area contributed by atoms with Gasteiger partial charge in [0, 0.05) is 45.5 Å². The fourth-order valence-corrected chi connectivity index (χ4v) is 3.50. The van der Waals surface area contributed by atoms with Gasteiger partial charge in [-0.3, -0.25) is 4.90 Å². The Hall–Kier alpha value is -3.37. The van der Waals surface area contributed by atoms with Crippen LogP contribution in [0.3, 0.4) is 0 Å². The number of methoxy groups -OCH3 is 1. The minimum atomic E-state index is -0.982. The standard InChI is InChI=1S/C21H25N7O3/c1-14-3-4-15(20(29)30)11-16(14)25-19-18-17(23-13-24-19)12-22-21(26-18)28-7-5-27(6-8-28)9-10-31-2/h3-4,11-13H,5-10H2,1-2H3,(H,29,30)(H,23,24,25). The van der Waals surface area contributed by atoms with E-state index in [0.717, 1.165) is 44.9 Å². The third-order valence-electron chi connectivity index (χ3n) is 5.37. The molecule has 0 spiro atoms. The number of rotatable bonds is 7. The summed E-state index contributed by atoms with van der Waals surface area (Å²) < 4.78 is 5.16. The number of ether oxygens (including phenoxy) is 1. The third-order valence-corrected chi connectivity index (χ3v) is 5.37. The number of benzene rings is 1. The molecule has 10 nitrogen and oxygen atoms in total. The maximum Gasteiger partial charge on any atom is 0.335 e. The average molecular weight is 423 g/mol. The molecule has 0 bridgehead atoms. The Bertz CT molecular complexity index is 1080. The summed E-state index contributed by atoms with van der Waals surface area (Å²) in [4.78, 5) is 33.7. The first-order valence-electron chi connectivity index (χ1n) is 10.1. The number of nitrogens with zero attached hydrogens (tertiary/aromatic N) is 6. The molecular formula is C21H25N7O3. The van der Waals surface area contributed by atoms with Crippen molar-refractivity contribution in [2.75, 3.05) is 56.7 Å². The van der Waals surface area contributed by atoms with Crippen LogP contribution in [0.5, 0.6) is 0 Å². The lowest BCUT2D eigenvalue weighted by Crippen LogP contribution is -2.47. The van der Waals surface area contributed by atoms with E-state index in [9.17, 15) is 9.90 Å². The van der Waals surface area contributed by atoms with Crippen molar-refractivity contribution in [2.24, 2.45) is 0 Å². The number of nitrogens with one attached hydrogen (secondary N) is 1. The molecule has 3 aromatic rings. The van der Waals surface area contributed by atoms with Crippen LogP contribution in [0.1, 0.15) is 15.9 Å². The van der Waals surface area contributed by atoms with Gasteiger partial charge in [0.1, 0.15) is 17.4 Å². The van der Waals surface area contributed by atoms with Crippen molar-refractivity contribution < 1.29 is 14.6 Å². The van der Waals surface area contributed by atoms with E-state index < -0.39 is 5.97 Å². The first-order chi connectivity index (χ1) is 15.0. The molecule has 31 heavy (non-hydrogen) atoms. The summed E-state index contributed by atoms with van der Waals surface area (Å²) in [5.41, 5.74) is 2.97. The number of carbonyl (C=O) groups is 1. The zero-order valence-corrected chi connectivity index (χ0v) is 17.6. The van der Waals surface area contributed by atoms with E-state index in [0.29, 0.717) is 28.5 Å². The fraction of sp³-hybridized carbons (Fsp3) is 0.381. The molecule has 0 saturated carbocycles. The van der Waals surface area contributed by atoms with Crippen LogP contribution in [-0.2, 0) is 4.74 Å². The highest BCUT2D eigenvalue weighted by atomic mass is 16.5. The highest BCUT2D eigenvalue weighted by Crippen LogP contribution is 2.26. The van der Waals surface area contributed by atoms with Gasteiger partial charge < -0.3 is 20.1 Å². The Morgan fingerprint density at radius 3 is 2.74 bits per heavy atom. The summed E-state index contributed by atoms with van der Waals surface area (Å²) in [7, 11) is 1.71. The van der Waals surface area contributed by atoms with Crippen LogP contribution >= 0.6 is 0 Å². The lowest BCUT2D eigenvalue weighted by molar-refractivity contribution is 0.0697. The molecule has 2 N–H and O–H groups in total. The van der Waals surface area contributed by atoms with Crippen LogP contribution in [0.2, 0.25) is 0 Å². The molecule has 1 aliphatic rings. The Balaban J connectivity index is 1.59. The van der Waals surface area contributed by atoms with Gasteiger partial charge in [-0.15, -0.1) is 0 Å². The van der Waals surface area contributed by atoms with Gasteiger partial charge in [-0.2, -0.15) is 0 Å². The van der Waals surface area contributed by atoms with E-state index in [-0.39, 0.29) is 5.56 Å². The molecule has 3 heterocycles. The fourth-order valence-electron chi connectivity index (χ4n) is 3.50. The van der Waals surface area contributed by atoms with Gasteiger partial charge in [-0.25, -0.2) is 24.7 Å². The molecule has 0 atom stereocenters. The summed E-state index contributed by atoms with van der Waals surface area (Å²) in [5, 5.41) is 12.5. The average Bonchev–Trinajstić information content (AvgIpc) is 2.79. The zero-order valence-electron chi connectivity index (χ0n) is 17.6. The molecule has 1 fully saturated rings. The van der Waals surface area contributed by atoms with Crippen molar-refractivity contribution in [3.63, 3.8) is 0 Å². The quantitative estimate of drug-likeness (QED) is 0.584. The monoisotopic (exact) mass is 423 g/mol. The van der Waals surface area contributed by atoms with Gasteiger partial charge >= 0.3 is 5.97 Å². The van der Waals surface area contributed by atoms with Crippen LogP contribution < -0.4 is 10.2 Å². The number of hydrogen-bond donors (Lipinski definition) is 2. The van der Waals surface area contributed by atoms with E-state index in [1.807, 2.05) is 6.92 Å². The molecule has 2 aromatic heterocycles. The topological polar surface area (TPSA) is 117 Å². The van der Waals surface area contributed by atoms with Crippen LogP contribution in [0.25, 0.3) is 11.0 Å². The molecule has 1 aromatic carbocycles. The van der Waals surface area contributed by atoms with Crippen molar-refractivity contribution in [1.29, 1.82) is 0 Å².